The molecule has 7 aromatic rings. The molecule has 0 aliphatic carbocycles. The molecular formula is C40H29N. The zero-order valence-corrected chi connectivity index (χ0v) is 22.7. The summed E-state index contributed by atoms with van der Waals surface area (Å²) >= 11 is 0. The van der Waals surface area contributed by atoms with Gasteiger partial charge in [-0.1, -0.05) is 140 Å². The molecule has 0 atom stereocenters. The molecule has 1 nitrogen and oxygen atoms in total. The number of hydrogen-bond donors (Lipinski definition) is 0. The van der Waals surface area contributed by atoms with Gasteiger partial charge in [-0.2, -0.15) is 0 Å². The Balaban J connectivity index is 1.40. The Morgan fingerprint density at radius 3 is 1.66 bits per heavy atom. The molecule has 0 heterocycles. The van der Waals surface area contributed by atoms with E-state index < -0.39 is 0 Å². The highest BCUT2D eigenvalue weighted by Gasteiger charge is 2.19. The molecule has 0 N–H and O–H groups in total. The molecule has 7 rings (SSSR count). The maximum atomic E-state index is 2.38. The number of rotatable bonds is 6. The van der Waals surface area contributed by atoms with Gasteiger partial charge in [0, 0.05) is 16.9 Å². The maximum Gasteiger partial charge on any atom is 0.0540 e. The number of para-hydroxylation sites is 2. The minimum atomic E-state index is 1.12. The lowest BCUT2D eigenvalue weighted by Gasteiger charge is -2.28. The van der Waals surface area contributed by atoms with Crippen LogP contribution in [0, 0.1) is 0 Å². The molecule has 0 bridgehead atoms. The molecule has 41 heavy (non-hydrogen) atoms. The van der Waals surface area contributed by atoms with Crippen LogP contribution in [-0.2, 0) is 0 Å². The molecule has 0 saturated carbocycles. The summed E-state index contributed by atoms with van der Waals surface area (Å²) in [4.78, 5) is 2.38. The second kappa shape index (κ2) is 11.0. The highest BCUT2D eigenvalue weighted by molar-refractivity contribution is 5.94. The number of anilines is 3. The maximum absolute atomic E-state index is 2.38. The molecule has 0 spiro atoms. The highest BCUT2D eigenvalue weighted by Crippen LogP contribution is 2.44. The molecule has 0 aliphatic heterocycles. The van der Waals surface area contributed by atoms with E-state index in [0.29, 0.717) is 0 Å². The minimum Gasteiger partial charge on any atom is -0.310 e. The molecule has 0 aromatic heterocycles. The normalized spacial score (nSPS) is 10.9. The van der Waals surface area contributed by atoms with Crippen LogP contribution >= 0.6 is 0 Å². The second-order valence-electron chi connectivity index (χ2n) is 10.2. The van der Waals surface area contributed by atoms with E-state index in [2.05, 4.69) is 181 Å². The fraction of sp³-hybridized carbons (Fsp3) is 0. The second-order valence-corrected chi connectivity index (χ2v) is 10.2. The lowest BCUT2D eigenvalue weighted by Crippen LogP contribution is -2.11. The molecular weight excluding hydrogens is 494 g/mol. The summed E-state index contributed by atoms with van der Waals surface area (Å²) in [6.07, 6.45) is 0. The monoisotopic (exact) mass is 523 g/mol. The predicted octanol–water partition coefficient (Wildman–Crippen LogP) is 11.3. The van der Waals surface area contributed by atoms with Crippen LogP contribution in [0.4, 0.5) is 17.1 Å². The first kappa shape index (κ1) is 24.6. The van der Waals surface area contributed by atoms with Gasteiger partial charge in [-0.05, 0) is 75.0 Å². The van der Waals surface area contributed by atoms with Gasteiger partial charge >= 0.3 is 0 Å². The van der Waals surface area contributed by atoms with E-state index >= 15 is 0 Å². The number of hydrogen-bond acceptors (Lipinski definition) is 1. The van der Waals surface area contributed by atoms with Crippen LogP contribution < -0.4 is 4.90 Å². The summed E-state index contributed by atoms with van der Waals surface area (Å²) in [6.45, 7) is 0. The lowest BCUT2D eigenvalue weighted by molar-refractivity contribution is 1.28. The Morgan fingerprint density at radius 2 is 0.854 bits per heavy atom. The molecule has 0 radical (unpaired) electrons. The van der Waals surface area contributed by atoms with Crippen LogP contribution in [0.15, 0.2) is 176 Å². The summed E-state index contributed by atoms with van der Waals surface area (Å²) in [5.41, 5.74) is 10.6. The summed E-state index contributed by atoms with van der Waals surface area (Å²) in [5, 5.41) is 2.50. The zero-order chi connectivity index (χ0) is 27.4. The van der Waals surface area contributed by atoms with Gasteiger partial charge in [0.1, 0.15) is 0 Å². The first-order valence-corrected chi connectivity index (χ1v) is 14.0. The summed E-state index contributed by atoms with van der Waals surface area (Å²) in [7, 11) is 0. The van der Waals surface area contributed by atoms with Crippen molar-refractivity contribution in [1.82, 2.24) is 0 Å². The van der Waals surface area contributed by atoms with Gasteiger partial charge in [-0.25, -0.2) is 0 Å². The van der Waals surface area contributed by atoms with Crippen molar-refractivity contribution >= 4 is 27.8 Å². The van der Waals surface area contributed by atoms with Crippen molar-refractivity contribution < 1.29 is 0 Å². The van der Waals surface area contributed by atoms with Gasteiger partial charge in [0.05, 0.1) is 5.69 Å². The third-order valence-electron chi connectivity index (χ3n) is 7.65. The van der Waals surface area contributed by atoms with Crippen molar-refractivity contribution in [2.45, 2.75) is 0 Å². The van der Waals surface area contributed by atoms with Gasteiger partial charge in [-0.3, -0.25) is 0 Å². The number of fused-ring (bicyclic) bond motifs is 1. The van der Waals surface area contributed by atoms with Gasteiger partial charge in [0.15, 0.2) is 0 Å². The Morgan fingerprint density at radius 1 is 0.293 bits per heavy atom. The molecule has 194 valence electrons. The van der Waals surface area contributed by atoms with Gasteiger partial charge < -0.3 is 4.90 Å². The van der Waals surface area contributed by atoms with Crippen molar-refractivity contribution in [1.29, 1.82) is 0 Å². The predicted molar refractivity (Wildman–Crippen MR) is 175 cm³/mol. The smallest absolute Gasteiger partial charge is 0.0540 e. The quantitative estimate of drug-likeness (QED) is 0.209. The minimum absolute atomic E-state index is 1.12. The van der Waals surface area contributed by atoms with Crippen molar-refractivity contribution in [2.75, 3.05) is 4.90 Å². The fourth-order valence-electron chi connectivity index (χ4n) is 5.68. The van der Waals surface area contributed by atoms with Crippen LogP contribution in [0.25, 0.3) is 44.2 Å². The van der Waals surface area contributed by atoms with Gasteiger partial charge in [-0.15, -0.1) is 0 Å². The van der Waals surface area contributed by atoms with E-state index in [4.69, 9.17) is 0 Å². The van der Waals surface area contributed by atoms with Crippen molar-refractivity contribution in [3.63, 3.8) is 0 Å². The zero-order valence-electron chi connectivity index (χ0n) is 22.7. The van der Waals surface area contributed by atoms with E-state index in [1.54, 1.807) is 0 Å². The molecule has 1 heteroatoms. The van der Waals surface area contributed by atoms with Crippen LogP contribution in [-0.4, -0.2) is 0 Å². The first-order valence-electron chi connectivity index (χ1n) is 14.0. The Kier molecular flexibility index (Phi) is 6.61. The molecule has 7 aromatic carbocycles. The van der Waals surface area contributed by atoms with Crippen LogP contribution in [0.1, 0.15) is 0 Å². The molecule has 0 unspecified atom stereocenters. The van der Waals surface area contributed by atoms with Crippen LogP contribution in [0.5, 0.6) is 0 Å². The van der Waals surface area contributed by atoms with Gasteiger partial charge in [0.25, 0.3) is 0 Å². The van der Waals surface area contributed by atoms with Crippen molar-refractivity contribution in [2.24, 2.45) is 0 Å². The third-order valence-corrected chi connectivity index (χ3v) is 7.65. The van der Waals surface area contributed by atoms with Crippen LogP contribution in [0.3, 0.4) is 0 Å². The van der Waals surface area contributed by atoms with E-state index in [-0.39, 0.29) is 0 Å². The third kappa shape index (κ3) is 4.90. The summed E-state index contributed by atoms with van der Waals surface area (Å²) in [6, 6.07) is 62.9. The summed E-state index contributed by atoms with van der Waals surface area (Å²) < 4.78 is 0. The lowest BCUT2D eigenvalue weighted by atomic mass is 9.93. The highest BCUT2D eigenvalue weighted by atomic mass is 15.1. The van der Waals surface area contributed by atoms with Crippen molar-refractivity contribution in [3.05, 3.63) is 176 Å². The van der Waals surface area contributed by atoms with Gasteiger partial charge in [0.2, 0.25) is 0 Å². The molecule has 0 saturated heterocycles. The topological polar surface area (TPSA) is 3.24 Å². The van der Waals surface area contributed by atoms with E-state index in [1.165, 1.54) is 44.2 Å². The van der Waals surface area contributed by atoms with E-state index in [0.717, 1.165) is 17.1 Å². The number of benzene rings is 7. The first-order chi connectivity index (χ1) is 20.3. The Hall–Kier alpha value is -5.40. The fourth-order valence-corrected chi connectivity index (χ4v) is 5.68. The SMILES string of the molecule is c1ccc(-c2ccccc2-c2ccccc2N(c2ccccc2)c2cccc(-c3ccc4ccccc4c3)c2)cc1. The summed E-state index contributed by atoms with van der Waals surface area (Å²) in [5.74, 6) is 0. The Bertz CT molecular complexity index is 1940. The molecule has 0 aliphatic rings. The average molecular weight is 524 g/mol. The number of nitrogens with zero attached hydrogens (tertiary/aromatic N) is 1. The Labute approximate surface area is 241 Å². The average Bonchev–Trinajstić information content (AvgIpc) is 3.06. The van der Waals surface area contributed by atoms with Crippen LogP contribution in [0.2, 0.25) is 0 Å². The molecule has 0 amide bonds. The van der Waals surface area contributed by atoms with Crippen molar-refractivity contribution in [3.8, 4) is 33.4 Å². The van der Waals surface area contributed by atoms with E-state index in [1.807, 2.05) is 0 Å². The van der Waals surface area contributed by atoms with E-state index in [9.17, 15) is 0 Å². The largest absolute Gasteiger partial charge is 0.310 e. The standard InChI is InChI=1S/C40H29N/c1-3-15-31(16-4-1)37-22-9-10-23-38(37)39-24-11-12-25-40(39)41(35-19-5-2-6-20-35)36-21-13-18-33(29-36)34-27-26-30-14-7-8-17-32(30)28-34/h1-29H. The molecule has 0 fully saturated rings.